The highest BCUT2D eigenvalue weighted by Crippen LogP contribution is 2.21. The summed E-state index contributed by atoms with van der Waals surface area (Å²) in [5.41, 5.74) is 0.808. The lowest BCUT2D eigenvalue weighted by molar-refractivity contribution is 0.477. The Morgan fingerprint density at radius 2 is 1.40 bits per heavy atom. The van der Waals surface area contributed by atoms with Crippen LogP contribution < -0.4 is 5.32 Å². The number of phenolic OH excluding ortho intramolecular Hbond substituents is 1. The molecule has 0 atom stereocenters. The Labute approximate surface area is 160 Å². The molecule has 0 fully saturated rings. The molecule has 0 saturated carbocycles. The summed E-state index contributed by atoms with van der Waals surface area (Å²) >= 11 is 5.49. The summed E-state index contributed by atoms with van der Waals surface area (Å²) in [5.74, 6) is 0.315. The Bertz CT molecular complexity index is 461. The fourth-order valence-electron chi connectivity index (χ4n) is 3.07. The molecule has 1 aromatic carbocycles. The van der Waals surface area contributed by atoms with Crippen molar-refractivity contribution in [3.05, 3.63) is 24.3 Å². The van der Waals surface area contributed by atoms with E-state index in [1.807, 2.05) is 18.2 Å². The van der Waals surface area contributed by atoms with Crippen LogP contribution >= 0.6 is 12.2 Å². The summed E-state index contributed by atoms with van der Waals surface area (Å²) in [5, 5.41) is 13.0. The summed E-state index contributed by atoms with van der Waals surface area (Å²) in [4.78, 5) is 1.21. The van der Waals surface area contributed by atoms with Crippen LogP contribution in [0.4, 0.5) is 5.69 Å². The van der Waals surface area contributed by atoms with Gasteiger partial charge in [-0.1, -0.05) is 89.1 Å². The summed E-state index contributed by atoms with van der Waals surface area (Å²) in [7, 11) is 0. The van der Waals surface area contributed by atoms with E-state index in [1.165, 1.54) is 69.1 Å². The molecule has 3 heteroatoms. The molecular formula is C22H37NOS. The third-order valence-corrected chi connectivity index (χ3v) is 5.07. The van der Waals surface area contributed by atoms with E-state index in [0.717, 1.165) is 31.5 Å². The lowest BCUT2D eigenvalue weighted by atomic mass is 10.0. The number of thiocarbonyl (C=S) groups is 1. The molecule has 25 heavy (non-hydrogen) atoms. The molecule has 0 amide bonds. The van der Waals surface area contributed by atoms with E-state index in [4.69, 9.17) is 12.2 Å². The lowest BCUT2D eigenvalue weighted by Gasteiger charge is -2.08. The maximum absolute atomic E-state index is 9.69. The summed E-state index contributed by atoms with van der Waals surface area (Å²) < 4.78 is 0. The number of hydrogen-bond acceptors (Lipinski definition) is 3. The van der Waals surface area contributed by atoms with Crippen LogP contribution in [0.1, 0.15) is 90.4 Å². The third-order valence-electron chi connectivity index (χ3n) is 4.66. The van der Waals surface area contributed by atoms with Gasteiger partial charge in [0.1, 0.15) is 5.75 Å². The summed E-state index contributed by atoms with van der Waals surface area (Å²) in [6.45, 7) is 3.13. The summed E-state index contributed by atoms with van der Waals surface area (Å²) in [6, 6.07) is 7.37. The third kappa shape index (κ3) is 12.0. The van der Waals surface area contributed by atoms with Crippen molar-refractivity contribution in [2.75, 3.05) is 11.9 Å². The maximum Gasteiger partial charge on any atom is 0.138 e. The quantitative estimate of drug-likeness (QED) is 0.184. The van der Waals surface area contributed by atoms with Gasteiger partial charge in [0.2, 0.25) is 0 Å². The highest BCUT2D eigenvalue weighted by atomic mass is 32.1. The van der Waals surface area contributed by atoms with Gasteiger partial charge < -0.3 is 10.4 Å². The Kier molecular flexibility index (Phi) is 13.3. The van der Waals surface area contributed by atoms with Crippen LogP contribution in [0.2, 0.25) is 0 Å². The normalized spacial score (nSPS) is 10.8. The van der Waals surface area contributed by atoms with Crippen molar-refractivity contribution in [2.45, 2.75) is 90.4 Å². The number of nitrogens with one attached hydrogen (secondary N) is 1. The van der Waals surface area contributed by atoms with Crippen molar-refractivity contribution in [2.24, 2.45) is 0 Å². The van der Waals surface area contributed by atoms with Gasteiger partial charge in [-0.25, -0.2) is 0 Å². The molecule has 142 valence electrons. The zero-order chi connectivity index (χ0) is 18.2. The molecule has 0 aliphatic heterocycles. The standard InChI is InChI=1S/C22H37NOS/c1-2-3-4-5-6-7-8-9-10-11-15-20(25)16-14-19-23-21-17-12-13-18-22(21)24/h12-13,17-18,23-24H,2-11,14-16,19H2,1H3. The number of aromatic hydroxyl groups is 1. The molecule has 0 spiro atoms. The minimum atomic E-state index is 0.315. The maximum atomic E-state index is 9.69. The van der Waals surface area contributed by atoms with Gasteiger partial charge in [-0.15, -0.1) is 0 Å². The molecule has 0 unspecified atom stereocenters. The largest absolute Gasteiger partial charge is 0.506 e. The van der Waals surface area contributed by atoms with Crippen molar-refractivity contribution in [3.63, 3.8) is 0 Å². The topological polar surface area (TPSA) is 32.3 Å². The van der Waals surface area contributed by atoms with E-state index in [1.54, 1.807) is 6.07 Å². The number of hydrogen-bond donors (Lipinski definition) is 2. The first kappa shape index (κ1) is 22.0. The first-order valence-electron chi connectivity index (χ1n) is 10.3. The van der Waals surface area contributed by atoms with Crippen LogP contribution in [0, 0.1) is 0 Å². The molecule has 1 rings (SSSR count). The number of unbranched alkanes of at least 4 members (excludes halogenated alkanes) is 9. The van der Waals surface area contributed by atoms with Crippen molar-refractivity contribution in [1.29, 1.82) is 0 Å². The van der Waals surface area contributed by atoms with Crippen LogP contribution in [0.25, 0.3) is 0 Å². The van der Waals surface area contributed by atoms with E-state index in [0.29, 0.717) is 5.75 Å². The van der Waals surface area contributed by atoms with E-state index in [2.05, 4.69) is 12.2 Å². The molecule has 0 aliphatic rings. The smallest absolute Gasteiger partial charge is 0.138 e. The molecule has 2 nitrogen and oxygen atoms in total. The molecular weight excluding hydrogens is 326 g/mol. The molecule has 0 bridgehead atoms. The molecule has 0 aromatic heterocycles. The molecule has 2 N–H and O–H groups in total. The van der Waals surface area contributed by atoms with Crippen molar-refractivity contribution < 1.29 is 5.11 Å². The number of para-hydroxylation sites is 2. The Morgan fingerprint density at radius 1 is 0.840 bits per heavy atom. The van der Waals surface area contributed by atoms with Gasteiger partial charge in [0.05, 0.1) is 5.69 Å². The van der Waals surface area contributed by atoms with Crippen LogP contribution in [-0.4, -0.2) is 16.5 Å². The number of phenols is 1. The molecule has 1 aromatic rings. The highest BCUT2D eigenvalue weighted by Gasteiger charge is 2.00. The van der Waals surface area contributed by atoms with Crippen LogP contribution in [0.5, 0.6) is 5.75 Å². The number of benzene rings is 1. The molecule has 0 radical (unpaired) electrons. The van der Waals surface area contributed by atoms with Crippen LogP contribution in [0.3, 0.4) is 0 Å². The Morgan fingerprint density at radius 3 is 2.04 bits per heavy atom. The van der Waals surface area contributed by atoms with Gasteiger partial charge in [-0.3, -0.25) is 0 Å². The van der Waals surface area contributed by atoms with E-state index < -0.39 is 0 Å². The van der Waals surface area contributed by atoms with Crippen LogP contribution in [0.15, 0.2) is 24.3 Å². The monoisotopic (exact) mass is 363 g/mol. The van der Waals surface area contributed by atoms with Gasteiger partial charge in [0.15, 0.2) is 0 Å². The second kappa shape index (κ2) is 15.2. The van der Waals surface area contributed by atoms with Gasteiger partial charge in [0, 0.05) is 6.54 Å². The zero-order valence-corrected chi connectivity index (χ0v) is 16.9. The van der Waals surface area contributed by atoms with Gasteiger partial charge in [-0.2, -0.15) is 0 Å². The first-order chi connectivity index (χ1) is 12.2. The minimum absolute atomic E-state index is 0.315. The van der Waals surface area contributed by atoms with Gasteiger partial charge >= 0.3 is 0 Å². The van der Waals surface area contributed by atoms with Crippen molar-refractivity contribution in [3.8, 4) is 5.75 Å². The Balaban J connectivity index is 1.88. The van der Waals surface area contributed by atoms with Crippen molar-refractivity contribution >= 4 is 22.8 Å². The van der Waals surface area contributed by atoms with Crippen LogP contribution in [-0.2, 0) is 0 Å². The minimum Gasteiger partial charge on any atom is -0.506 e. The fourth-order valence-corrected chi connectivity index (χ4v) is 3.36. The van der Waals surface area contributed by atoms with Crippen molar-refractivity contribution in [1.82, 2.24) is 0 Å². The van der Waals surface area contributed by atoms with Gasteiger partial charge in [-0.05, 0) is 42.7 Å². The Hall–Kier alpha value is -1.09. The van der Waals surface area contributed by atoms with E-state index >= 15 is 0 Å². The average Bonchev–Trinajstić information content (AvgIpc) is 2.61. The van der Waals surface area contributed by atoms with E-state index in [9.17, 15) is 5.11 Å². The molecule has 0 aliphatic carbocycles. The SMILES string of the molecule is CCCCCCCCCCCCC(=S)CCCNc1ccccc1O. The fraction of sp³-hybridized carbons (Fsp3) is 0.682. The lowest BCUT2D eigenvalue weighted by Crippen LogP contribution is -2.04. The predicted octanol–water partition coefficient (Wildman–Crippen LogP) is 7.27. The predicted molar refractivity (Wildman–Crippen MR) is 115 cm³/mol. The summed E-state index contributed by atoms with van der Waals surface area (Å²) in [6.07, 6.45) is 16.9. The number of rotatable bonds is 16. The molecule has 0 saturated heterocycles. The first-order valence-corrected chi connectivity index (χ1v) is 10.7. The second-order valence-corrected chi connectivity index (χ2v) is 7.60. The van der Waals surface area contributed by atoms with Gasteiger partial charge in [0.25, 0.3) is 0 Å². The van der Waals surface area contributed by atoms with E-state index in [-0.39, 0.29) is 0 Å². The zero-order valence-electron chi connectivity index (χ0n) is 16.1. The number of anilines is 1. The highest BCUT2D eigenvalue weighted by molar-refractivity contribution is 7.80. The average molecular weight is 364 g/mol. The molecule has 0 heterocycles. The second-order valence-electron chi connectivity index (χ2n) is 7.02.